The molecule has 1 aliphatic carbocycles. The average molecular weight is 533 g/mol. The largest absolute Gasteiger partial charge is 0.398 e. The lowest BCUT2D eigenvalue weighted by Gasteiger charge is -2.27. The number of anilines is 4. The maximum atomic E-state index is 6.68. The summed E-state index contributed by atoms with van der Waals surface area (Å²) in [4.78, 5) is 0. The van der Waals surface area contributed by atoms with E-state index >= 15 is 0 Å². The van der Waals surface area contributed by atoms with Crippen molar-refractivity contribution in [3.8, 4) is 0 Å². The van der Waals surface area contributed by atoms with Gasteiger partial charge in [-0.2, -0.15) is 0 Å². The van der Waals surface area contributed by atoms with E-state index in [9.17, 15) is 0 Å². The third-order valence-corrected chi connectivity index (χ3v) is 9.19. The van der Waals surface area contributed by atoms with Gasteiger partial charge in [-0.05, 0) is 94.5 Å². The summed E-state index contributed by atoms with van der Waals surface area (Å²) in [5.41, 5.74) is 39.7. The minimum atomic E-state index is 0.164. The SMILES string of the molecule is CCC1c2ccc(N)c(c2)C(CC)c2ccc(N)c(c2)C(CC)c2ccc(N)c(c2)C(CC)c2ccc(N)c1c2. The van der Waals surface area contributed by atoms with Crippen LogP contribution in [-0.4, -0.2) is 0 Å². The lowest BCUT2D eigenvalue weighted by atomic mass is 9.78. The fourth-order valence-electron chi connectivity index (χ4n) is 6.99. The summed E-state index contributed by atoms with van der Waals surface area (Å²) in [6.45, 7) is 8.94. The van der Waals surface area contributed by atoms with Crippen molar-refractivity contribution in [1.82, 2.24) is 0 Å². The van der Waals surface area contributed by atoms with Crippen molar-refractivity contribution in [1.29, 1.82) is 0 Å². The molecule has 208 valence electrons. The third kappa shape index (κ3) is 4.81. The van der Waals surface area contributed by atoms with Gasteiger partial charge < -0.3 is 22.9 Å². The predicted molar refractivity (Wildman–Crippen MR) is 172 cm³/mol. The van der Waals surface area contributed by atoms with Crippen molar-refractivity contribution in [2.75, 3.05) is 22.9 Å². The number of rotatable bonds is 4. The highest BCUT2D eigenvalue weighted by Crippen LogP contribution is 2.43. The van der Waals surface area contributed by atoms with E-state index in [0.717, 1.165) is 48.4 Å². The topological polar surface area (TPSA) is 104 Å². The van der Waals surface area contributed by atoms with Gasteiger partial charge >= 0.3 is 0 Å². The van der Waals surface area contributed by atoms with E-state index in [1.165, 1.54) is 44.5 Å². The molecule has 4 nitrogen and oxygen atoms in total. The van der Waals surface area contributed by atoms with Gasteiger partial charge in [0.1, 0.15) is 0 Å². The predicted octanol–water partition coefficient (Wildman–Crippen LogP) is 8.50. The van der Waals surface area contributed by atoms with Crippen molar-refractivity contribution in [3.05, 3.63) is 117 Å². The number of hydrogen-bond donors (Lipinski definition) is 4. The molecule has 0 aromatic heterocycles. The second-order valence-electron chi connectivity index (χ2n) is 11.4. The van der Waals surface area contributed by atoms with E-state index in [1.807, 2.05) is 0 Å². The molecule has 1 aliphatic rings. The summed E-state index contributed by atoms with van der Waals surface area (Å²) in [6.07, 6.45) is 3.75. The van der Waals surface area contributed by atoms with Crippen LogP contribution in [0.15, 0.2) is 72.8 Å². The molecule has 0 spiro atoms. The smallest absolute Gasteiger partial charge is 0.0353 e. The van der Waals surface area contributed by atoms with Gasteiger partial charge in [0.05, 0.1) is 0 Å². The Kier molecular flexibility index (Phi) is 7.80. The molecule has 4 heteroatoms. The molecule has 0 heterocycles. The molecule has 8 N–H and O–H groups in total. The molecule has 4 unspecified atom stereocenters. The Morgan fingerprint density at radius 2 is 0.575 bits per heavy atom. The Labute approximate surface area is 239 Å². The second kappa shape index (κ2) is 11.3. The molecule has 5 rings (SSSR count). The average Bonchev–Trinajstić information content (AvgIpc) is 2.95. The van der Waals surface area contributed by atoms with Gasteiger partial charge in [-0.25, -0.2) is 0 Å². The third-order valence-electron chi connectivity index (χ3n) is 9.19. The highest BCUT2D eigenvalue weighted by atomic mass is 14.6. The zero-order valence-corrected chi connectivity index (χ0v) is 24.4. The molecule has 0 amide bonds. The Hall–Kier alpha value is -3.92. The van der Waals surface area contributed by atoms with Crippen LogP contribution in [0.25, 0.3) is 0 Å². The van der Waals surface area contributed by atoms with E-state index in [4.69, 9.17) is 22.9 Å². The van der Waals surface area contributed by atoms with Crippen molar-refractivity contribution >= 4 is 22.7 Å². The first-order valence-electron chi connectivity index (χ1n) is 14.9. The minimum absolute atomic E-state index is 0.164. The zero-order chi connectivity index (χ0) is 28.6. The van der Waals surface area contributed by atoms with Crippen LogP contribution in [0.2, 0.25) is 0 Å². The fraction of sp³-hybridized carbons (Fsp3) is 0.333. The molecule has 8 bridgehead atoms. The van der Waals surface area contributed by atoms with Crippen LogP contribution in [0.1, 0.15) is 122 Å². The van der Waals surface area contributed by atoms with Crippen LogP contribution in [-0.2, 0) is 0 Å². The number of nitrogen functional groups attached to an aromatic ring is 4. The summed E-state index contributed by atoms with van der Waals surface area (Å²) < 4.78 is 0. The molecule has 0 aliphatic heterocycles. The summed E-state index contributed by atoms with van der Waals surface area (Å²) in [5, 5.41) is 0. The monoisotopic (exact) mass is 532 g/mol. The zero-order valence-electron chi connectivity index (χ0n) is 24.4. The molecule has 4 aromatic carbocycles. The Morgan fingerprint density at radius 1 is 0.375 bits per heavy atom. The summed E-state index contributed by atoms with van der Waals surface area (Å²) in [5.74, 6) is 0.657. The van der Waals surface area contributed by atoms with Gasteiger partial charge in [0.2, 0.25) is 0 Å². The highest BCUT2D eigenvalue weighted by Gasteiger charge is 2.25. The number of fused-ring (bicyclic) bond motifs is 8. The molecule has 4 aromatic rings. The normalized spacial score (nSPS) is 20.3. The molecule has 0 saturated heterocycles. The van der Waals surface area contributed by atoms with Crippen LogP contribution >= 0.6 is 0 Å². The van der Waals surface area contributed by atoms with E-state index in [1.54, 1.807) is 0 Å². The van der Waals surface area contributed by atoms with E-state index in [2.05, 4.69) is 100 Å². The standard InChI is InChI=1S/C36H44N4/c1-5-25-21-9-13-34(38)30(17-21)27(7-3)23-11-15-36(40)32(19-23)28(8-4)24-12-16-35(39)31(20-24)26(6-2)22-10-14-33(37)29(25)18-22/h9-20,25-28H,5-8,37-40H2,1-4H3. The van der Waals surface area contributed by atoms with Crippen LogP contribution in [0.4, 0.5) is 22.7 Å². The van der Waals surface area contributed by atoms with Gasteiger partial charge in [-0.15, -0.1) is 0 Å². The Morgan fingerprint density at radius 3 is 0.750 bits per heavy atom. The van der Waals surface area contributed by atoms with Crippen LogP contribution in [0, 0.1) is 0 Å². The lowest BCUT2D eigenvalue weighted by molar-refractivity contribution is 0.735. The summed E-state index contributed by atoms with van der Waals surface area (Å²) in [6, 6.07) is 26.3. The first-order valence-corrected chi connectivity index (χ1v) is 14.9. The summed E-state index contributed by atoms with van der Waals surface area (Å²) in [7, 11) is 0. The van der Waals surface area contributed by atoms with Gasteiger partial charge in [0.25, 0.3) is 0 Å². The molecule has 40 heavy (non-hydrogen) atoms. The highest BCUT2D eigenvalue weighted by molar-refractivity contribution is 5.62. The quantitative estimate of drug-likeness (QED) is 0.198. The minimum Gasteiger partial charge on any atom is -0.398 e. The fourth-order valence-corrected chi connectivity index (χ4v) is 6.99. The van der Waals surface area contributed by atoms with Crippen molar-refractivity contribution in [2.24, 2.45) is 0 Å². The van der Waals surface area contributed by atoms with Gasteiger partial charge in [0, 0.05) is 46.4 Å². The molecular weight excluding hydrogens is 488 g/mol. The maximum absolute atomic E-state index is 6.68. The Bertz CT molecular complexity index is 1290. The summed E-state index contributed by atoms with van der Waals surface area (Å²) >= 11 is 0. The van der Waals surface area contributed by atoms with Crippen molar-refractivity contribution in [3.63, 3.8) is 0 Å². The first-order chi connectivity index (χ1) is 19.3. The second-order valence-corrected chi connectivity index (χ2v) is 11.4. The van der Waals surface area contributed by atoms with E-state index < -0.39 is 0 Å². The number of nitrogens with two attached hydrogens (primary N) is 4. The lowest BCUT2D eigenvalue weighted by Crippen LogP contribution is -2.12. The van der Waals surface area contributed by atoms with Gasteiger partial charge in [-0.3, -0.25) is 0 Å². The van der Waals surface area contributed by atoms with Gasteiger partial charge in [0.15, 0.2) is 0 Å². The van der Waals surface area contributed by atoms with E-state index in [0.29, 0.717) is 0 Å². The maximum Gasteiger partial charge on any atom is 0.0353 e. The van der Waals surface area contributed by atoms with Crippen molar-refractivity contribution < 1.29 is 0 Å². The van der Waals surface area contributed by atoms with Crippen LogP contribution in [0.3, 0.4) is 0 Å². The molecule has 0 radical (unpaired) electrons. The van der Waals surface area contributed by atoms with Gasteiger partial charge in [-0.1, -0.05) is 76.2 Å². The first kappa shape index (κ1) is 27.6. The molecule has 0 fully saturated rings. The van der Waals surface area contributed by atoms with Crippen LogP contribution in [0.5, 0.6) is 0 Å². The van der Waals surface area contributed by atoms with Crippen LogP contribution < -0.4 is 22.9 Å². The van der Waals surface area contributed by atoms with E-state index in [-0.39, 0.29) is 23.7 Å². The molecule has 4 atom stereocenters. The molecular formula is C36H44N4. The number of benzene rings is 4. The molecule has 0 saturated carbocycles. The van der Waals surface area contributed by atoms with Crippen molar-refractivity contribution in [2.45, 2.75) is 77.0 Å². The number of hydrogen-bond acceptors (Lipinski definition) is 4. The Balaban J connectivity index is 1.85.